The molecule has 1 N–H and O–H groups in total. The van der Waals surface area contributed by atoms with Crippen LogP contribution in [0.2, 0.25) is 0 Å². The van der Waals surface area contributed by atoms with Crippen molar-refractivity contribution >= 4 is 5.97 Å². The van der Waals surface area contributed by atoms with Gasteiger partial charge in [-0.2, -0.15) is 0 Å². The van der Waals surface area contributed by atoms with Crippen LogP contribution >= 0.6 is 0 Å². The summed E-state index contributed by atoms with van der Waals surface area (Å²) in [7, 11) is 0. The lowest BCUT2D eigenvalue weighted by atomic mass is 9.94. The van der Waals surface area contributed by atoms with Crippen molar-refractivity contribution in [1.29, 1.82) is 0 Å². The highest BCUT2D eigenvalue weighted by Gasteiger charge is 2.45. The number of esters is 1. The Kier molecular flexibility index (Phi) is 5.41. The van der Waals surface area contributed by atoms with Crippen molar-refractivity contribution in [3.8, 4) is 0 Å². The molecule has 4 atom stereocenters. The van der Waals surface area contributed by atoms with E-state index in [0.29, 0.717) is 12.1 Å². The van der Waals surface area contributed by atoms with Gasteiger partial charge in [0.1, 0.15) is 12.2 Å². The number of ether oxygens (including phenoxy) is 2. The highest BCUT2D eigenvalue weighted by atomic mass is 16.6. The Morgan fingerprint density at radius 3 is 2.65 bits per heavy atom. The Hall–Kier alpha value is -1.89. The molecule has 0 bridgehead atoms. The van der Waals surface area contributed by atoms with E-state index in [2.05, 4.69) is 4.98 Å². The minimum Gasteiger partial charge on any atom is -0.459 e. The number of hydrogen-bond acceptors (Lipinski definition) is 5. The smallest absolute Gasteiger partial charge is 0.328 e. The Labute approximate surface area is 134 Å². The molecule has 2 heterocycles. The van der Waals surface area contributed by atoms with Crippen molar-refractivity contribution in [2.75, 3.05) is 0 Å². The molecule has 0 spiro atoms. The normalized spacial score (nSPS) is 27.1. The zero-order valence-electron chi connectivity index (χ0n) is 14.0. The van der Waals surface area contributed by atoms with Crippen LogP contribution in [0.25, 0.3) is 0 Å². The zero-order chi connectivity index (χ0) is 17.1. The minimum absolute atomic E-state index is 0.0279. The predicted octanol–water partition coefficient (Wildman–Crippen LogP) is 1.36. The van der Waals surface area contributed by atoms with Crippen LogP contribution in [-0.4, -0.2) is 27.7 Å². The molecule has 23 heavy (non-hydrogen) atoms. The summed E-state index contributed by atoms with van der Waals surface area (Å²) in [6.45, 7) is 7.71. The van der Waals surface area contributed by atoms with Crippen LogP contribution in [0.4, 0.5) is 0 Å². The maximum Gasteiger partial charge on any atom is 0.328 e. The van der Waals surface area contributed by atoms with Gasteiger partial charge in [0, 0.05) is 25.6 Å². The number of nitrogens with one attached hydrogen (secondary N) is 1. The summed E-state index contributed by atoms with van der Waals surface area (Å²) < 4.78 is 12.8. The van der Waals surface area contributed by atoms with Gasteiger partial charge in [-0.1, -0.05) is 20.8 Å². The Morgan fingerprint density at radius 2 is 2.09 bits per heavy atom. The van der Waals surface area contributed by atoms with Crippen LogP contribution in [0, 0.1) is 5.92 Å². The first kappa shape index (κ1) is 17.5. The first-order valence-electron chi connectivity index (χ1n) is 8.05. The average Bonchev–Trinajstić information content (AvgIpc) is 2.78. The van der Waals surface area contributed by atoms with Crippen LogP contribution in [0.1, 0.15) is 52.2 Å². The number of aromatic amines is 1. The minimum atomic E-state index is -0.661. The highest BCUT2D eigenvalue weighted by molar-refractivity contribution is 5.66. The molecule has 1 aliphatic rings. The standard InChI is InChI=1S/C16H24N2O5/c1-5-7-18-8-11(15(20)17-16(18)21)14-13(22-10(4)19)9(3)12(6-2)23-14/h8-9,12-14H,5-7H2,1-4H3,(H,17,20,21)/t9-,12-,13-,14+/m1/s1. The topological polar surface area (TPSA) is 90.4 Å². The third kappa shape index (κ3) is 3.55. The van der Waals surface area contributed by atoms with Crippen molar-refractivity contribution in [3.05, 3.63) is 32.6 Å². The number of carbonyl (C=O) groups excluding carboxylic acids is 1. The zero-order valence-corrected chi connectivity index (χ0v) is 14.0. The second-order valence-electron chi connectivity index (χ2n) is 5.97. The number of aryl methyl sites for hydroxylation is 1. The summed E-state index contributed by atoms with van der Waals surface area (Å²) in [4.78, 5) is 37.8. The van der Waals surface area contributed by atoms with E-state index in [0.717, 1.165) is 12.8 Å². The van der Waals surface area contributed by atoms with E-state index in [1.165, 1.54) is 17.7 Å². The Morgan fingerprint density at radius 1 is 1.39 bits per heavy atom. The maximum absolute atomic E-state index is 12.2. The molecule has 0 saturated carbocycles. The van der Waals surface area contributed by atoms with Crippen molar-refractivity contribution in [2.45, 2.75) is 65.4 Å². The molecule has 0 amide bonds. The molecule has 1 saturated heterocycles. The summed E-state index contributed by atoms with van der Waals surface area (Å²) >= 11 is 0. The van der Waals surface area contributed by atoms with Crippen molar-refractivity contribution in [3.63, 3.8) is 0 Å². The molecule has 1 aromatic heterocycles. The number of aromatic nitrogens is 2. The van der Waals surface area contributed by atoms with Gasteiger partial charge in [0.2, 0.25) is 0 Å². The average molecular weight is 324 g/mol. The first-order valence-corrected chi connectivity index (χ1v) is 8.05. The molecule has 2 rings (SSSR count). The number of nitrogens with zero attached hydrogens (tertiary/aromatic N) is 1. The van der Waals surface area contributed by atoms with Crippen LogP contribution in [0.15, 0.2) is 15.8 Å². The van der Waals surface area contributed by atoms with Gasteiger partial charge in [0.05, 0.1) is 11.7 Å². The molecule has 0 aliphatic carbocycles. The monoisotopic (exact) mass is 324 g/mol. The largest absolute Gasteiger partial charge is 0.459 e. The Balaban J connectivity index is 2.45. The molecule has 7 heteroatoms. The molecular weight excluding hydrogens is 300 g/mol. The van der Waals surface area contributed by atoms with E-state index in [9.17, 15) is 14.4 Å². The second-order valence-corrected chi connectivity index (χ2v) is 5.97. The molecule has 1 aliphatic heterocycles. The number of H-pyrrole nitrogens is 1. The predicted molar refractivity (Wildman–Crippen MR) is 84.2 cm³/mol. The molecule has 0 unspecified atom stereocenters. The lowest BCUT2D eigenvalue weighted by molar-refractivity contribution is -0.150. The lowest BCUT2D eigenvalue weighted by Crippen LogP contribution is -2.35. The maximum atomic E-state index is 12.2. The van der Waals surface area contributed by atoms with Gasteiger partial charge in [-0.15, -0.1) is 0 Å². The Bertz CT molecular complexity index is 678. The summed E-state index contributed by atoms with van der Waals surface area (Å²) in [6, 6.07) is 0. The van der Waals surface area contributed by atoms with Gasteiger partial charge in [-0.25, -0.2) is 4.79 Å². The fraction of sp³-hybridized carbons (Fsp3) is 0.688. The van der Waals surface area contributed by atoms with Crippen molar-refractivity contribution in [1.82, 2.24) is 9.55 Å². The molecule has 7 nitrogen and oxygen atoms in total. The number of hydrogen-bond donors (Lipinski definition) is 1. The number of rotatable bonds is 5. The van der Waals surface area contributed by atoms with Gasteiger partial charge in [-0.05, 0) is 12.8 Å². The van der Waals surface area contributed by atoms with E-state index < -0.39 is 29.4 Å². The third-order valence-electron chi connectivity index (χ3n) is 4.24. The SMILES string of the molecule is CCCn1cc([C@@H]2O[C@H](CC)[C@@H](C)[C@H]2OC(C)=O)c(=O)[nH]c1=O. The summed E-state index contributed by atoms with van der Waals surface area (Å²) in [5, 5.41) is 0. The summed E-state index contributed by atoms with van der Waals surface area (Å²) in [5.74, 6) is -0.439. The summed E-state index contributed by atoms with van der Waals surface area (Å²) in [5.41, 5.74) is -0.608. The molecule has 1 fully saturated rings. The van der Waals surface area contributed by atoms with Gasteiger partial charge in [-0.3, -0.25) is 14.6 Å². The van der Waals surface area contributed by atoms with Crippen LogP contribution in [0.5, 0.6) is 0 Å². The van der Waals surface area contributed by atoms with E-state index in [1.807, 2.05) is 20.8 Å². The van der Waals surface area contributed by atoms with Crippen LogP contribution in [-0.2, 0) is 20.8 Å². The molecular formula is C16H24N2O5. The van der Waals surface area contributed by atoms with E-state index in [1.54, 1.807) is 0 Å². The lowest BCUT2D eigenvalue weighted by Gasteiger charge is -2.21. The molecule has 1 aromatic rings. The van der Waals surface area contributed by atoms with Gasteiger partial charge in [0.15, 0.2) is 0 Å². The van der Waals surface area contributed by atoms with E-state index in [-0.39, 0.29) is 12.0 Å². The highest BCUT2D eigenvalue weighted by Crippen LogP contribution is 2.39. The fourth-order valence-electron chi connectivity index (χ4n) is 3.09. The third-order valence-corrected chi connectivity index (χ3v) is 4.24. The van der Waals surface area contributed by atoms with Crippen LogP contribution < -0.4 is 11.2 Å². The quantitative estimate of drug-likeness (QED) is 0.826. The first-order chi connectivity index (χ1) is 10.9. The van der Waals surface area contributed by atoms with Crippen molar-refractivity contribution in [2.24, 2.45) is 5.92 Å². The van der Waals surface area contributed by atoms with Gasteiger partial charge >= 0.3 is 11.7 Å². The molecule has 0 radical (unpaired) electrons. The van der Waals surface area contributed by atoms with Gasteiger partial charge in [0.25, 0.3) is 5.56 Å². The van der Waals surface area contributed by atoms with Crippen LogP contribution in [0.3, 0.4) is 0 Å². The molecule has 128 valence electrons. The molecule has 0 aromatic carbocycles. The second kappa shape index (κ2) is 7.12. The fourth-order valence-corrected chi connectivity index (χ4v) is 3.09. The summed E-state index contributed by atoms with van der Waals surface area (Å²) in [6.07, 6.45) is 1.74. The van der Waals surface area contributed by atoms with Gasteiger partial charge < -0.3 is 14.0 Å². The number of carbonyl (C=O) groups is 1. The van der Waals surface area contributed by atoms with E-state index in [4.69, 9.17) is 9.47 Å². The van der Waals surface area contributed by atoms with E-state index >= 15 is 0 Å². The van der Waals surface area contributed by atoms with Crippen molar-refractivity contribution < 1.29 is 14.3 Å².